The number of rotatable bonds is 6. The SMILES string of the molecule is O=C1S/C(=C\c2ccccc2OCc2cccc3ccccc23)C(=O)N1Cc1c(Cl)cccc1Cl. The van der Waals surface area contributed by atoms with Gasteiger partial charge in [-0.15, -0.1) is 0 Å². The van der Waals surface area contributed by atoms with Crippen LogP contribution in [0.1, 0.15) is 16.7 Å². The summed E-state index contributed by atoms with van der Waals surface area (Å²) < 4.78 is 6.16. The number of imide groups is 1. The predicted molar refractivity (Wildman–Crippen MR) is 143 cm³/mol. The quantitative estimate of drug-likeness (QED) is 0.242. The molecule has 0 atom stereocenters. The van der Waals surface area contributed by atoms with Gasteiger partial charge in [0, 0.05) is 21.2 Å². The van der Waals surface area contributed by atoms with Gasteiger partial charge in [-0.3, -0.25) is 14.5 Å². The number of amides is 2. The van der Waals surface area contributed by atoms with Crippen molar-refractivity contribution in [2.24, 2.45) is 0 Å². The fourth-order valence-corrected chi connectivity index (χ4v) is 5.27. The molecule has 0 spiro atoms. The second kappa shape index (κ2) is 10.2. The molecule has 1 aliphatic heterocycles. The molecule has 1 saturated heterocycles. The Balaban J connectivity index is 1.37. The van der Waals surface area contributed by atoms with Crippen molar-refractivity contribution in [1.82, 2.24) is 4.90 Å². The number of halogens is 2. The van der Waals surface area contributed by atoms with Crippen LogP contribution in [-0.2, 0) is 17.9 Å². The second-order valence-corrected chi connectivity index (χ2v) is 9.74. The van der Waals surface area contributed by atoms with Gasteiger partial charge in [-0.25, -0.2) is 0 Å². The molecule has 1 heterocycles. The van der Waals surface area contributed by atoms with Crippen molar-refractivity contribution in [3.8, 4) is 5.75 Å². The minimum Gasteiger partial charge on any atom is -0.488 e. The van der Waals surface area contributed by atoms with E-state index in [0.717, 1.165) is 33.0 Å². The Kier molecular flexibility index (Phi) is 6.82. The van der Waals surface area contributed by atoms with Crippen LogP contribution in [-0.4, -0.2) is 16.0 Å². The molecule has 0 aromatic heterocycles. The molecule has 0 unspecified atom stereocenters. The highest BCUT2D eigenvalue weighted by molar-refractivity contribution is 8.18. The van der Waals surface area contributed by atoms with Crippen LogP contribution in [0.3, 0.4) is 0 Å². The molecule has 5 rings (SSSR count). The lowest BCUT2D eigenvalue weighted by molar-refractivity contribution is -0.123. The number of hydrogen-bond acceptors (Lipinski definition) is 4. The van der Waals surface area contributed by atoms with Gasteiger partial charge in [0.25, 0.3) is 11.1 Å². The largest absolute Gasteiger partial charge is 0.488 e. The highest BCUT2D eigenvalue weighted by Gasteiger charge is 2.36. The average Bonchev–Trinajstić information content (AvgIpc) is 3.13. The topological polar surface area (TPSA) is 46.6 Å². The Hall–Kier alpha value is -3.25. The summed E-state index contributed by atoms with van der Waals surface area (Å²) in [4.78, 5) is 27.2. The van der Waals surface area contributed by atoms with Crippen LogP contribution in [0.2, 0.25) is 10.0 Å². The molecule has 4 aromatic rings. The normalized spacial score (nSPS) is 14.8. The van der Waals surface area contributed by atoms with Crippen molar-refractivity contribution < 1.29 is 14.3 Å². The third-order valence-corrected chi connectivity index (χ3v) is 7.34. The van der Waals surface area contributed by atoms with E-state index in [1.807, 2.05) is 48.5 Å². The average molecular weight is 520 g/mol. The zero-order chi connectivity index (χ0) is 24.4. The summed E-state index contributed by atoms with van der Waals surface area (Å²) in [6, 6.07) is 26.8. The first kappa shape index (κ1) is 23.5. The summed E-state index contributed by atoms with van der Waals surface area (Å²) in [7, 11) is 0. The number of hydrogen-bond donors (Lipinski definition) is 0. The fourth-order valence-electron chi connectivity index (χ4n) is 3.92. The van der Waals surface area contributed by atoms with Crippen molar-refractivity contribution in [2.75, 3.05) is 0 Å². The molecule has 4 nitrogen and oxygen atoms in total. The molecule has 2 amide bonds. The van der Waals surface area contributed by atoms with E-state index in [2.05, 4.69) is 18.2 Å². The summed E-state index contributed by atoms with van der Waals surface area (Å²) in [6.07, 6.45) is 1.69. The van der Waals surface area contributed by atoms with Gasteiger partial charge in [0.05, 0.1) is 11.4 Å². The van der Waals surface area contributed by atoms with Gasteiger partial charge < -0.3 is 4.74 Å². The number of carbonyl (C=O) groups is 2. The number of para-hydroxylation sites is 1. The van der Waals surface area contributed by atoms with Crippen LogP contribution in [0.4, 0.5) is 4.79 Å². The van der Waals surface area contributed by atoms with Crippen LogP contribution in [0, 0.1) is 0 Å². The molecular formula is C28H19Cl2NO3S. The standard InChI is InChI=1S/C28H19Cl2NO3S/c29-23-12-6-13-24(30)22(23)16-31-27(32)26(35-28(31)33)15-19-8-2-4-14-25(19)34-17-20-10-5-9-18-7-1-3-11-21(18)20/h1-15H,16-17H2/b26-15-. The van der Waals surface area contributed by atoms with Crippen molar-refractivity contribution in [3.05, 3.63) is 117 Å². The molecule has 0 saturated carbocycles. The van der Waals surface area contributed by atoms with Gasteiger partial charge in [0.2, 0.25) is 0 Å². The van der Waals surface area contributed by atoms with Gasteiger partial charge in [-0.1, -0.05) is 89.9 Å². The Labute approximate surface area is 217 Å². The minimum atomic E-state index is -0.389. The maximum atomic E-state index is 13.1. The summed E-state index contributed by atoms with van der Waals surface area (Å²) in [5.74, 6) is 0.237. The number of ether oxygens (including phenoxy) is 1. The molecule has 1 aliphatic rings. The summed E-state index contributed by atoms with van der Waals surface area (Å²) in [5, 5.41) is 2.73. The molecule has 0 radical (unpaired) electrons. The van der Waals surface area contributed by atoms with Crippen LogP contribution in [0.25, 0.3) is 16.8 Å². The highest BCUT2D eigenvalue weighted by Crippen LogP contribution is 2.37. The Morgan fingerprint density at radius 1 is 0.829 bits per heavy atom. The van der Waals surface area contributed by atoms with E-state index in [9.17, 15) is 9.59 Å². The van der Waals surface area contributed by atoms with E-state index >= 15 is 0 Å². The predicted octanol–water partition coefficient (Wildman–Crippen LogP) is 7.96. The number of nitrogens with zero attached hydrogens (tertiary/aromatic N) is 1. The van der Waals surface area contributed by atoms with E-state index in [1.54, 1.807) is 24.3 Å². The van der Waals surface area contributed by atoms with E-state index in [0.29, 0.717) is 38.4 Å². The van der Waals surface area contributed by atoms with Crippen LogP contribution < -0.4 is 4.74 Å². The van der Waals surface area contributed by atoms with E-state index < -0.39 is 0 Å². The van der Waals surface area contributed by atoms with Crippen molar-refractivity contribution >= 4 is 63.0 Å². The monoisotopic (exact) mass is 519 g/mol. The molecule has 0 aliphatic carbocycles. The number of thioether (sulfide) groups is 1. The minimum absolute atomic E-state index is 0.0136. The van der Waals surface area contributed by atoms with Crippen molar-refractivity contribution in [1.29, 1.82) is 0 Å². The van der Waals surface area contributed by atoms with Crippen LogP contribution in [0.5, 0.6) is 5.75 Å². The van der Waals surface area contributed by atoms with Crippen LogP contribution >= 0.6 is 35.0 Å². The zero-order valence-electron chi connectivity index (χ0n) is 18.4. The van der Waals surface area contributed by atoms with Gasteiger partial charge in [-0.2, -0.15) is 0 Å². The van der Waals surface area contributed by atoms with Gasteiger partial charge in [-0.05, 0) is 52.4 Å². The van der Waals surface area contributed by atoms with E-state index in [-0.39, 0.29) is 17.7 Å². The Morgan fingerprint density at radius 3 is 2.34 bits per heavy atom. The van der Waals surface area contributed by atoms with Crippen LogP contribution in [0.15, 0.2) is 89.8 Å². The summed E-state index contributed by atoms with van der Waals surface area (Å²) in [5.41, 5.74) is 2.32. The number of carbonyl (C=O) groups excluding carboxylic acids is 2. The Morgan fingerprint density at radius 2 is 1.51 bits per heavy atom. The second-order valence-electron chi connectivity index (χ2n) is 7.93. The Bertz CT molecular complexity index is 1460. The molecule has 174 valence electrons. The molecular weight excluding hydrogens is 501 g/mol. The van der Waals surface area contributed by atoms with Crippen molar-refractivity contribution in [2.45, 2.75) is 13.2 Å². The van der Waals surface area contributed by atoms with Gasteiger partial charge in [0.15, 0.2) is 0 Å². The maximum Gasteiger partial charge on any atom is 0.293 e. The lowest BCUT2D eigenvalue weighted by atomic mass is 10.1. The first-order valence-corrected chi connectivity index (χ1v) is 12.5. The molecule has 0 bridgehead atoms. The van der Waals surface area contributed by atoms with E-state index in [4.69, 9.17) is 27.9 Å². The van der Waals surface area contributed by atoms with Gasteiger partial charge in [0.1, 0.15) is 12.4 Å². The smallest absolute Gasteiger partial charge is 0.293 e. The molecule has 35 heavy (non-hydrogen) atoms. The number of benzene rings is 4. The molecule has 4 aromatic carbocycles. The summed E-state index contributed by atoms with van der Waals surface area (Å²) in [6.45, 7) is 0.387. The van der Waals surface area contributed by atoms with E-state index in [1.165, 1.54) is 0 Å². The summed E-state index contributed by atoms with van der Waals surface area (Å²) >= 11 is 13.4. The third-order valence-electron chi connectivity index (χ3n) is 5.72. The van der Waals surface area contributed by atoms with Crippen molar-refractivity contribution in [3.63, 3.8) is 0 Å². The third kappa shape index (κ3) is 4.94. The number of fused-ring (bicyclic) bond motifs is 1. The molecule has 7 heteroatoms. The molecule has 0 N–H and O–H groups in total. The fraction of sp³-hybridized carbons (Fsp3) is 0.0714. The molecule has 1 fully saturated rings. The highest BCUT2D eigenvalue weighted by atomic mass is 35.5. The lowest BCUT2D eigenvalue weighted by Crippen LogP contribution is -2.27. The zero-order valence-corrected chi connectivity index (χ0v) is 20.7. The first-order valence-electron chi connectivity index (χ1n) is 10.9. The first-order chi connectivity index (χ1) is 17.0. The lowest BCUT2D eigenvalue weighted by Gasteiger charge is -2.15. The van der Waals surface area contributed by atoms with Gasteiger partial charge >= 0.3 is 0 Å². The maximum absolute atomic E-state index is 13.1.